The van der Waals surface area contributed by atoms with Crippen molar-refractivity contribution in [3.8, 4) is 5.75 Å². The van der Waals surface area contributed by atoms with Crippen molar-refractivity contribution in [1.82, 2.24) is 4.90 Å². The molecule has 0 unspecified atom stereocenters. The number of hydrogen-bond donors (Lipinski definition) is 1. The predicted octanol–water partition coefficient (Wildman–Crippen LogP) is 1.69. The summed E-state index contributed by atoms with van der Waals surface area (Å²) in [7, 11) is 3.04. The van der Waals surface area contributed by atoms with Crippen molar-refractivity contribution in [2.24, 2.45) is 0 Å². The second-order valence-corrected chi connectivity index (χ2v) is 4.70. The van der Waals surface area contributed by atoms with E-state index in [2.05, 4.69) is 11.7 Å². The molecular formula is C15H22N2O4. The molecule has 6 nitrogen and oxygen atoms in total. The first-order valence-corrected chi connectivity index (χ1v) is 6.84. The van der Waals surface area contributed by atoms with Crippen LogP contribution in [0.2, 0.25) is 0 Å². The molecule has 0 heterocycles. The van der Waals surface area contributed by atoms with Crippen molar-refractivity contribution in [2.75, 3.05) is 33.0 Å². The zero-order valence-corrected chi connectivity index (χ0v) is 12.7. The molecule has 116 valence electrons. The standard InChI is InChI=1S/C15H22N2O4/c1-4-5-8-17(2)14(18)10-21-13-7-6-11(9-12(13)16)15(19)20-3/h6-7,9H,4-5,8,10,16H2,1-3H3. The molecule has 1 aromatic rings. The summed E-state index contributed by atoms with van der Waals surface area (Å²) in [5.41, 5.74) is 6.43. The van der Waals surface area contributed by atoms with Gasteiger partial charge in [-0.25, -0.2) is 4.79 Å². The summed E-state index contributed by atoms with van der Waals surface area (Å²) < 4.78 is 10.0. The summed E-state index contributed by atoms with van der Waals surface area (Å²) in [5.74, 6) is -0.205. The lowest BCUT2D eigenvalue weighted by Gasteiger charge is -2.17. The SMILES string of the molecule is CCCCN(C)C(=O)COc1ccc(C(=O)OC)cc1N. The third-order valence-corrected chi connectivity index (χ3v) is 3.05. The second-order valence-electron chi connectivity index (χ2n) is 4.70. The molecule has 0 radical (unpaired) electrons. The van der Waals surface area contributed by atoms with E-state index in [9.17, 15) is 9.59 Å². The van der Waals surface area contributed by atoms with Crippen LogP contribution in [-0.2, 0) is 9.53 Å². The zero-order valence-electron chi connectivity index (χ0n) is 12.7. The van der Waals surface area contributed by atoms with Crippen LogP contribution in [0.25, 0.3) is 0 Å². The lowest BCUT2D eigenvalue weighted by atomic mass is 10.2. The van der Waals surface area contributed by atoms with Gasteiger partial charge in [-0.2, -0.15) is 0 Å². The summed E-state index contributed by atoms with van der Waals surface area (Å²) in [6.45, 7) is 2.69. The third-order valence-electron chi connectivity index (χ3n) is 3.05. The molecule has 0 fully saturated rings. The van der Waals surface area contributed by atoms with E-state index < -0.39 is 5.97 Å². The average molecular weight is 294 g/mol. The first-order chi connectivity index (χ1) is 9.99. The number of nitrogens with zero attached hydrogens (tertiary/aromatic N) is 1. The van der Waals surface area contributed by atoms with E-state index in [0.717, 1.165) is 12.8 Å². The van der Waals surface area contributed by atoms with E-state index in [-0.39, 0.29) is 12.5 Å². The van der Waals surface area contributed by atoms with E-state index in [0.29, 0.717) is 23.5 Å². The molecule has 0 aromatic heterocycles. The number of hydrogen-bond acceptors (Lipinski definition) is 5. The second kappa shape index (κ2) is 8.14. The van der Waals surface area contributed by atoms with Crippen LogP contribution in [0.1, 0.15) is 30.1 Å². The molecule has 0 saturated carbocycles. The first-order valence-electron chi connectivity index (χ1n) is 6.84. The normalized spacial score (nSPS) is 10.0. The van der Waals surface area contributed by atoms with Gasteiger partial charge in [0.1, 0.15) is 5.75 Å². The van der Waals surface area contributed by atoms with Gasteiger partial charge in [-0.1, -0.05) is 13.3 Å². The Balaban J connectivity index is 2.59. The van der Waals surface area contributed by atoms with Crippen molar-refractivity contribution in [2.45, 2.75) is 19.8 Å². The summed E-state index contributed by atoms with van der Waals surface area (Å²) in [4.78, 5) is 24.8. The van der Waals surface area contributed by atoms with Crippen molar-refractivity contribution in [1.29, 1.82) is 0 Å². The van der Waals surface area contributed by atoms with Gasteiger partial charge in [0.2, 0.25) is 0 Å². The zero-order chi connectivity index (χ0) is 15.8. The van der Waals surface area contributed by atoms with Gasteiger partial charge in [-0.05, 0) is 24.6 Å². The van der Waals surface area contributed by atoms with Crippen LogP contribution in [0.3, 0.4) is 0 Å². The first kappa shape index (κ1) is 16.8. The number of likely N-dealkylation sites (N-methyl/N-ethyl adjacent to an activating group) is 1. The Bertz CT molecular complexity index is 502. The lowest BCUT2D eigenvalue weighted by molar-refractivity contribution is -0.132. The van der Waals surface area contributed by atoms with Gasteiger partial charge in [0.15, 0.2) is 6.61 Å². The lowest BCUT2D eigenvalue weighted by Crippen LogP contribution is -2.32. The van der Waals surface area contributed by atoms with Crippen molar-refractivity contribution in [3.05, 3.63) is 23.8 Å². The number of benzene rings is 1. The van der Waals surface area contributed by atoms with Gasteiger partial charge in [0, 0.05) is 13.6 Å². The minimum atomic E-state index is -0.469. The van der Waals surface area contributed by atoms with Crippen LogP contribution >= 0.6 is 0 Å². The molecular weight excluding hydrogens is 272 g/mol. The van der Waals surface area contributed by atoms with E-state index in [1.54, 1.807) is 24.1 Å². The number of nitrogen functional groups attached to an aromatic ring is 1. The summed E-state index contributed by atoms with van der Waals surface area (Å²) in [6, 6.07) is 4.57. The number of methoxy groups -OCH3 is 1. The fourth-order valence-corrected chi connectivity index (χ4v) is 1.69. The maximum absolute atomic E-state index is 11.8. The molecule has 0 saturated heterocycles. The Labute approximate surface area is 124 Å². The molecule has 0 aliphatic carbocycles. The molecule has 0 bridgehead atoms. The van der Waals surface area contributed by atoms with Gasteiger partial charge >= 0.3 is 5.97 Å². The highest BCUT2D eigenvalue weighted by Gasteiger charge is 2.12. The summed E-state index contributed by atoms with van der Waals surface area (Å²) >= 11 is 0. The number of unbranched alkanes of at least 4 members (excludes halogenated alkanes) is 1. The van der Waals surface area contributed by atoms with E-state index >= 15 is 0 Å². The number of ether oxygens (including phenoxy) is 2. The van der Waals surface area contributed by atoms with Crippen molar-refractivity contribution in [3.63, 3.8) is 0 Å². The predicted molar refractivity (Wildman–Crippen MR) is 80.2 cm³/mol. The van der Waals surface area contributed by atoms with Crippen LogP contribution in [0.4, 0.5) is 5.69 Å². The molecule has 2 N–H and O–H groups in total. The number of anilines is 1. The van der Waals surface area contributed by atoms with Crippen LogP contribution in [0.15, 0.2) is 18.2 Å². The highest BCUT2D eigenvalue weighted by Crippen LogP contribution is 2.22. The highest BCUT2D eigenvalue weighted by molar-refractivity contribution is 5.91. The van der Waals surface area contributed by atoms with Crippen LogP contribution in [0, 0.1) is 0 Å². The highest BCUT2D eigenvalue weighted by atomic mass is 16.5. The fraction of sp³-hybridized carbons (Fsp3) is 0.467. The van der Waals surface area contributed by atoms with Gasteiger partial charge < -0.3 is 20.1 Å². The number of rotatable bonds is 7. The molecule has 0 atom stereocenters. The minimum Gasteiger partial charge on any atom is -0.482 e. The smallest absolute Gasteiger partial charge is 0.337 e. The summed E-state index contributed by atoms with van der Waals surface area (Å²) in [6.07, 6.45) is 1.98. The number of esters is 1. The summed E-state index contributed by atoms with van der Waals surface area (Å²) in [5, 5.41) is 0. The number of carbonyl (C=O) groups excluding carboxylic acids is 2. The van der Waals surface area contributed by atoms with Crippen LogP contribution < -0.4 is 10.5 Å². The Morgan fingerprint density at radius 1 is 1.33 bits per heavy atom. The number of nitrogens with two attached hydrogens (primary N) is 1. The van der Waals surface area contributed by atoms with Crippen LogP contribution in [-0.4, -0.2) is 44.1 Å². The molecule has 1 rings (SSSR count). The Kier molecular flexibility index (Phi) is 6.52. The Morgan fingerprint density at radius 2 is 2.05 bits per heavy atom. The fourth-order valence-electron chi connectivity index (χ4n) is 1.69. The Hall–Kier alpha value is -2.24. The maximum atomic E-state index is 11.8. The number of amides is 1. The van der Waals surface area contributed by atoms with Gasteiger partial charge in [0.25, 0.3) is 5.91 Å². The topological polar surface area (TPSA) is 81.9 Å². The molecule has 1 amide bonds. The van der Waals surface area contributed by atoms with E-state index in [1.807, 2.05) is 0 Å². The Morgan fingerprint density at radius 3 is 2.62 bits per heavy atom. The minimum absolute atomic E-state index is 0.0814. The monoisotopic (exact) mass is 294 g/mol. The number of carbonyl (C=O) groups is 2. The van der Waals surface area contributed by atoms with Gasteiger partial charge in [-0.3, -0.25) is 4.79 Å². The van der Waals surface area contributed by atoms with E-state index in [1.165, 1.54) is 13.2 Å². The molecule has 21 heavy (non-hydrogen) atoms. The molecule has 0 aliphatic rings. The molecule has 0 spiro atoms. The van der Waals surface area contributed by atoms with Gasteiger partial charge in [0.05, 0.1) is 18.4 Å². The molecule has 1 aromatic carbocycles. The third kappa shape index (κ3) is 4.98. The largest absolute Gasteiger partial charge is 0.482 e. The van der Waals surface area contributed by atoms with Crippen molar-refractivity contribution < 1.29 is 19.1 Å². The van der Waals surface area contributed by atoms with Gasteiger partial charge in [-0.15, -0.1) is 0 Å². The van der Waals surface area contributed by atoms with Crippen LogP contribution in [0.5, 0.6) is 5.75 Å². The quantitative estimate of drug-likeness (QED) is 0.611. The maximum Gasteiger partial charge on any atom is 0.337 e. The average Bonchev–Trinajstić information content (AvgIpc) is 2.50. The van der Waals surface area contributed by atoms with Crippen molar-refractivity contribution >= 4 is 17.6 Å². The van der Waals surface area contributed by atoms with E-state index in [4.69, 9.17) is 10.5 Å². The molecule has 6 heteroatoms. The molecule has 0 aliphatic heterocycles.